The van der Waals surface area contributed by atoms with E-state index in [1.165, 1.54) is 31.5 Å². The molecule has 0 saturated carbocycles. The predicted octanol–water partition coefficient (Wildman–Crippen LogP) is 2.88. The second-order valence-corrected chi connectivity index (χ2v) is 7.39. The van der Waals surface area contributed by atoms with Gasteiger partial charge < -0.3 is 15.7 Å². The molecule has 1 fully saturated rings. The zero-order valence-corrected chi connectivity index (χ0v) is 15.6. The molecule has 1 saturated heterocycles. The summed E-state index contributed by atoms with van der Waals surface area (Å²) in [5.74, 6) is 0.801. The maximum Gasteiger partial charge on any atom is 0.315 e. The van der Waals surface area contributed by atoms with Crippen molar-refractivity contribution in [3.63, 3.8) is 0 Å². The summed E-state index contributed by atoms with van der Waals surface area (Å²) in [5.41, 5.74) is 2.44. The largest absolute Gasteiger partial charge is 0.396 e. The number of nitrogens with one attached hydrogen (secondary N) is 2. The summed E-state index contributed by atoms with van der Waals surface area (Å²) in [7, 11) is 0. The highest BCUT2D eigenvalue weighted by molar-refractivity contribution is 5.74. The summed E-state index contributed by atoms with van der Waals surface area (Å²) in [6.07, 6.45) is 4.14. The van der Waals surface area contributed by atoms with Crippen molar-refractivity contribution >= 4 is 6.03 Å². The van der Waals surface area contributed by atoms with E-state index >= 15 is 0 Å². The fourth-order valence-corrected chi connectivity index (χ4v) is 3.38. The molecule has 2 atom stereocenters. The number of aliphatic hydroxyl groups excluding tert-OH is 1. The van der Waals surface area contributed by atoms with Gasteiger partial charge in [0, 0.05) is 32.3 Å². The van der Waals surface area contributed by atoms with E-state index in [0.717, 1.165) is 24.4 Å². The maximum absolute atomic E-state index is 11.9. The van der Waals surface area contributed by atoms with Gasteiger partial charge >= 0.3 is 6.03 Å². The quantitative estimate of drug-likeness (QED) is 0.677. The molecule has 1 aliphatic heterocycles. The Morgan fingerprint density at radius 3 is 2.72 bits per heavy atom. The summed E-state index contributed by atoms with van der Waals surface area (Å²) >= 11 is 0. The first-order chi connectivity index (χ1) is 12.1. The van der Waals surface area contributed by atoms with Gasteiger partial charge in [0.1, 0.15) is 0 Å². The van der Waals surface area contributed by atoms with Crippen LogP contribution >= 0.6 is 0 Å². The van der Waals surface area contributed by atoms with E-state index in [0.29, 0.717) is 13.0 Å². The van der Waals surface area contributed by atoms with Crippen molar-refractivity contribution in [3.05, 3.63) is 35.4 Å². The van der Waals surface area contributed by atoms with Crippen molar-refractivity contribution in [1.82, 2.24) is 15.5 Å². The molecule has 5 nitrogen and oxygen atoms in total. The van der Waals surface area contributed by atoms with E-state index in [2.05, 4.69) is 46.7 Å². The third kappa shape index (κ3) is 7.45. The van der Waals surface area contributed by atoms with Gasteiger partial charge in [-0.2, -0.15) is 0 Å². The maximum atomic E-state index is 11.9. The Bertz CT molecular complexity index is 518. The Kier molecular flexibility index (Phi) is 8.22. The molecule has 25 heavy (non-hydrogen) atoms. The van der Waals surface area contributed by atoms with Gasteiger partial charge in [0.2, 0.25) is 0 Å². The van der Waals surface area contributed by atoms with Crippen molar-refractivity contribution in [2.75, 3.05) is 19.7 Å². The number of nitrogens with zero attached hydrogens (tertiary/aromatic N) is 1. The van der Waals surface area contributed by atoms with E-state index in [1.807, 2.05) is 6.92 Å². The predicted molar refractivity (Wildman–Crippen MR) is 101 cm³/mol. The number of carbonyl (C=O) groups excluding carboxylic acids is 1. The number of hydrogen-bond donors (Lipinski definition) is 3. The number of urea groups is 1. The first kappa shape index (κ1) is 19.7. The van der Waals surface area contributed by atoms with E-state index < -0.39 is 0 Å². The molecule has 2 amide bonds. The fraction of sp³-hybridized carbons (Fsp3) is 0.650. The third-order valence-corrected chi connectivity index (χ3v) is 4.80. The molecular formula is C20H33N3O2. The van der Waals surface area contributed by atoms with E-state index in [4.69, 9.17) is 5.11 Å². The van der Waals surface area contributed by atoms with Crippen LogP contribution < -0.4 is 10.6 Å². The third-order valence-electron chi connectivity index (χ3n) is 4.80. The van der Waals surface area contributed by atoms with Crippen molar-refractivity contribution in [2.45, 2.75) is 58.7 Å². The zero-order valence-electron chi connectivity index (χ0n) is 15.6. The molecule has 3 N–H and O–H groups in total. The Labute approximate surface area is 151 Å². The van der Waals surface area contributed by atoms with Crippen LogP contribution in [0.1, 0.15) is 50.7 Å². The molecule has 0 spiro atoms. The molecule has 0 bridgehead atoms. The van der Waals surface area contributed by atoms with Gasteiger partial charge in [0.25, 0.3) is 0 Å². The molecule has 0 aromatic heterocycles. The van der Waals surface area contributed by atoms with Gasteiger partial charge in [-0.05, 0) is 56.2 Å². The number of rotatable bonds is 8. The van der Waals surface area contributed by atoms with Crippen LogP contribution in [0, 0.1) is 5.92 Å². The van der Waals surface area contributed by atoms with Gasteiger partial charge in [-0.25, -0.2) is 4.79 Å². The highest BCUT2D eigenvalue weighted by atomic mass is 16.3. The lowest BCUT2D eigenvalue weighted by atomic mass is 9.99. The Morgan fingerprint density at radius 2 is 2.04 bits per heavy atom. The van der Waals surface area contributed by atoms with Crippen LogP contribution in [0.2, 0.25) is 0 Å². The Hall–Kier alpha value is -1.59. The summed E-state index contributed by atoms with van der Waals surface area (Å²) < 4.78 is 0. The normalized spacial score (nSPS) is 19.4. The van der Waals surface area contributed by atoms with Crippen molar-refractivity contribution in [1.29, 1.82) is 0 Å². The van der Waals surface area contributed by atoms with E-state index in [1.54, 1.807) is 0 Å². The molecular weight excluding hydrogens is 314 g/mol. The molecule has 5 heteroatoms. The number of piperidine rings is 1. The van der Waals surface area contributed by atoms with Crippen LogP contribution in [-0.4, -0.2) is 41.8 Å². The van der Waals surface area contributed by atoms with Crippen LogP contribution in [0.15, 0.2) is 24.3 Å². The molecule has 1 aromatic carbocycles. The van der Waals surface area contributed by atoms with Crippen LogP contribution in [0.3, 0.4) is 0 Å². The Morgan fingerprint density at radius 1 is 1.32 bits per heavy atom. The summed E-state index contributed by atoms with van der Waals surface area (Å²) in [5, 5.41) is 14.6. The smallest absolute Gasteiger partial charge is 0.315 e. The van der Waals surface area contributed by atoms with Crippen molar-refractivity contribution in [3.8, 4) is 0 Å². The first-order valence-corrected chi connectivity index (χ1v) is 9.52. The zero-order chi connectivity index (χ0) is 18.1. The number of aliphatic hydroxyl groups is 1. The average Bonchev–Trinajstić information content (AvgIpc) is 2.59. The minimum absolute atomic E-state index is 0.0708. The van der Waals surface area contributed by atoms with Crippen LogP contribution in [0.25, 0.3) is 0 Å². The molecule has 0 aliphatic carbocycles. The number of carbonyl (C=O) groups is 1. The van der Waals surface area contributed by atoms with Gasteiger partial charge in [0.05, 0.1) is 0 Å². The van der Waals surface area contributed by atoms with Gasteiger partial charge in [-0.15, -0.1) is 0 Å². The summed E-state index contributed by atoms with van der Waals surface area (Å²) in [6.45, 7) is 8.37. The van der Waals surface area contributed by atoms with Gasteiger partial charge in [-0.1, -0.05) is 31.2 Å². The minimum Gasteiger partial charge on any atom is -0.396 e. The lowest BCUT2D eigenvalue weighted by Crippen LogP contribution is -2.40. The highest BCUT2D eigenvalue weighted by Crippen LogP contribution is 2.18. The monoisotopic (exact) mass is 347 g/mol. The van der Waals surface area contributed by atoms with Crippen LogP contribution in [0.4, 0.5) is 4.79 Å². The molecule has 2 unspecified atom stereocenters. The van der Waals surface area contributed by atoms with Crippen LogP contribution in [-0.2, 0) is 13.1 Å². The average molecular weight is 348 g/mol. The molecule has 1 heterocycles. The molecule has 140 valence electrons. The Balaban J connectivity index is 1.71. The van der Waals surface area contributed by atoms with Gasteiger partial charge in [-0.3, -0.25) is 4.90 Å². The van der Waals surface area contributed by atoms with Gasteiger partial charge in [0.15, 0.2) is 0 Å². The second-order valence-electron chi connectivity index (χ2n) is 7.39. The minimum atomic E-state index is -0.156. The molecule has 1 aromatic rings. The summed E-state index contributed by atoms with van der Waals surface area (Å²) in [4.78, 5) is 14.4. The lowest BCUT2D eigenvalue weighted by Gasteiger charge is -2.30. The molecule has 1 aliphatic rings. The highest BCUT2D eigenvalue weighted by Gasteiger charge is 2.16. The molecule has 0 radical (unpaired) electrons. The van der Waals surface area contributed by atoms with E-state index in [9.17, 15) is 4.79 Å². The number of hydrogen-bond acceptors (Lipinski definition) is 3. The van der Waals surface area contributed by atoms with E-state index in [-0.39, 0.29) is 18.7 Å². The summed E-state index contributed by atoms with van der Waals surface area (Å²) in [6, 6.07) is 8.44. The fourth-order valence-electron chi connectivity index (χ4n) is 3.38. The standard InChI is InChI=1S/C20H33N3O2/c1-16-5-3-11-23(14-16)15-19-9-7-18(8-10-19)13-21-20(25)22-17(2)6-4-12-24/h7-10,16-17,24H,3-6,11-15H2,1-2H3,(H2,21,22,25). The van der Waals surface area contributed by atoms with Crippen molar-refractivity contribution < 1.29 is 9.90 Å². The lowest BCUT2D eigenvalue weighted by molar-refractivity contribution is 0.176. The van der Waals surface area contributed by atoms with Crippen LogP contribution in [0.5, 0.6) is 0 Å². The SMILES string of the molecule is CC1CCCN(Cc2ccc(CNC(=O)NC(C)CCCO)cc2)C1. The van der Waals surface area contributed by atoms with Crippen molar-refractivity contribution in [2.24, 2.45) is 5.92 Å². The first-order valence-electron chi connectivity index (χ1n) is 9.52. The number of benzene rings is 1. The number of amides is 2. The molecule has 2 rings (SSSR count). The topological polar surface area (TPSA) is 64.6 Å². The number of likely N-dealkylation sites (tertiary alicyclic amines) is 1. The second kappa shape index (κ2) is 10.4.